The molecule has 1 aliphatic carbocycles. The normalized spacial score (nSPS) is 26.1. The van der Waals surface area contributed by atoms with Crippen molar-refractivity contribution in [3.8, 4) is 0 Å². The Balaban J connectivity index is 0. The fourth-order valence-electron chi connectivity index (χ4n) is 0.500. The Labute approximate surface area is 67.6 Å². The predicted octanol–water partition coefficient (Wildman–Crippen LogP) is -1.76. The molecule has 7 heavy (non-hydrogen) atoms. The van der Waals surface area contributed by atoms with E-state index in [2.05, 4.69) is 13.3 Å². The van der Waals surface area contributed by atoms with Crippen LogP contribution in [0.3, 0.4) is 0 Å². The van der Waals surface area contributed by atoms with E-state index in [0.29, 0.717) is 0 Å². The van der Waals surface area contributed by atoms with Crippen LogP contribution in [0.5, 0.6) is 0 Å². The maximum Gasteiger partial charge on any atom is 2.00 e. The Hall–Kier alpha value is 1.06. The quantitative estimate of drug-likeness (QED) is 0.268. The van der Waals surface area contributed by atoms with Crippen LogP contribution < -0.4 is 12.4 Å². The molecule has 2 heteroatoms. The Morgan fingerprint density at radius 2 is 1.86 bits per heavy atom. The average Bonchev–Trinajstić information content (AvgIpc) is 1.30. The van der Waals surface area contributed by atoms with Crippen molar-refractivity contribution < 1.29 is 12.4 Å². The van der Waals surface area contributed by atoms with Crippen molar-refractivity contribution in [2.24, 2.45) is 5.92 Å². The van der Waals surface area contributed by atoms with Gasteiger partial charge in [-0.25, -0.2) is 0 Å². The first-order valence-electron chi connectivity index (χ1n) is 2.23. The molecule has 0 saturated heterocycles. The molecule has 0 heterocycles. The van der Waals surface area contributed by atoms with E-state index in [9.17, 15) is 0 Å². The van der Waals surface area contributed by atoms with Crippen molar-refractivity contribution >= 4 is 23.1 Å². The molecular formula is C5H9ClMg. The van der Waals surface area contributed by atoms with Crippen LogP contribution >= 0.6 is 0 Å². The standard InChI is InChI=1S/C5H9.ClH.Mg/c1-5-3-2-4-5;;/h3,5H,2,4H2,1H3;1H;/q-1;;+2/p-1. The largest absolute Gasteiger partial charge is 2.00 e. The van der Waals surface area contributed by atoms with Gasteiger partial charge in [-0.15, -0.1) is 6.42 Å². The van der Waals surface area contributed by atoms with E-state index < -0.39 is 0 Å². The molecule has 0 nitrogen and oxygen atoms in total. The van der Waals surface area contributed by atoms with Crippen molar-refractivity contribution in [3.63, 3.8) is 0 Å². The van der Waals surface area contributed by atoms with Gasteiger partial charge < -0.3 is 18.8 Å². The minimum absolute atomic E-state index is 0. The van der Waals surface area contributed by atoms with E-state index in [0.717, 1.165) is 5.92 Å². The summed E-state index contributed by atoms with van der Waals surface area (Å²) in [6.45, 7) is 2.25. The van der Waals surface area contributed by atoms with Crippen LogP contribution in [0, 0.1) is 12.3 Å². The fourth-order valence-corrected chi connectivity index (χ4v) is 0.500. The Bertz CT molecular complexity index is 35.1. The topological polar surface area (TPSA) is 0 Å². The monoisotopic (exact) mass is 128 g/mol. The molecule has 0 aromatic rings. The first-order valence-corrected chi connectivity index (χ1v) is 2.23. The van der Waals surface area contributed by atoms with Gasteiger partial charge in [0.25, 0.3) is 0 Å². The second-order valence-corrected chi connectivity index (χ2v) is 1.79. The summed E-state index contributed by atoms with van der Waals surface area (Å²) >= 11 is 0. The van der Waals surface area contributed by atoms with E-state index in [1.54, 1.807) is 0 Å². The molecule has 0 N–H and O–H groups in total. The van der Waals surface area contributed by atoms with E-state index in [-0.39, 0.29) is 35.5 Å². The zero-order valence-corrected chi connectivity index (χ0v) is 6.82. The van der Waals surface area contributed by atoms with Crippen molar-refractivity contribution in [2.45, 2.75) is 19.8 Å². The van der Waals surface area contributed by atoms with Crippen molar-refractivity contribution in [1.82, 2.24) is 0 Å². The first-order chi connectivity index (χ1) is 2.39. The van der Waals surface area contributed by atoms with Crippen LogP contribution in [-0.2, 0) is 0 Å². The molecular weight excluding hydrogens is 120 g/mol. The molecule has 0 aromatic heterocycles. The minimum atomic E-state index is 0. The maximum absolute atomic E-state index is 2.35. The SMILES string of the molecule is CC1[CH-]CC1.[Cl-].[Mg+2]. The zero-order chi connectivity index (χ0) is 3.70. The third-order valence-electron chi connectivity index (χ3n) is 1.19. The van der Waals surface area contributed by atoms with E-state index in [1.165, 1.54) is 12.8 Å². The number of hydrogen-bond acceptors (Lipinski definition) is 0. The summed E-state index contributed by atoms with van der Waals surface area (Å²) in [4.78, 5) is 0. The fraction of sp³-hybridized carbons (Fsp3) is 0.800. The maximum atomic E-state index is 2.35. The van der Waals surface area contributed by atoms with E-state index in [1.807, 2.05) is 0 Å². The van der Waals surface area contributed by atoms with Crippen LogP contribution in [0.1, 0.15) is 19.8 Å². The molecule has 0 amide bonds. The Morgan fingerprint density at radius 3 is 1.86 bits per heavy atom. The van der Waals surface area contributed by atoms with Crippen LogP contribution in [0.2, 0.25) is 0 Å². The van der Waals surface area contributed by atoms with Crippen LogP contribution in [0.25, 0.3) is 0 Å². The molecule has 38 valence electrons. The summed E-state index contributed by atoms with van der Waals surface area (Å²) < 4.78 is 0. The van der Waals surface area contributed by atoms with Gasteiger partial charge in [0.15, 0.2) is 0 Å². The molecule has 1 rings (SSSR count). The molecule has 1 saturated carbocycles. The average molecular weight is 129 g/mol. The van der Waals surface area contributed by atoms with Gasteiger partial charge in [-0.1, -0.05) is 6.92 Å². The number of halogens is 1. The summed E-state index contributed by atoms with van der Waals surface area (Å²) in [7, 11) is 0. The summed E-state index contributed by atoms with van der Waals surface area (Å²) in [5.41, 5.74) is 0. The third kappa shape index (κ3) is 3.62. The van der Waals surface area contributed by atoms with Gasteiger partial charge >= 0.3 is 23.1 Å². The Morgan fingerprint density at radius 1 is 1.57 bits per heavy atom. The summed E-state index contributed by atoms with van der Waals surface area (Å²) in [5, 5.41) is 0. The molecule has 0 aromatic carbocycles. The van der Waals surface area contributed by atoms with Crippen LogP contribution in [0.4, 0.5) is 0 Å². The molecule has 1 aliphatic rings. The molecule has 0 aliphatic heterocycles. The van der Waals surface area contributed by atoms with Crippen LogP contribution in [0.15, 0.2) is 0 Å². The molecule has 0 radical (unpaired) electrons. The van der Waals surface area contributed by atoms with Gasteiger partial charge in [0.1, 0.15) is 0 Å². The zero-order valence-electron chi connectivity index (χ0n) is 4.65. The molecule has 1 fully saturated rings. The summed E-state index contributed by atoms with van der Waals surface area (Å²) in [6, 6.07) is 0. The van der Waals surface area contributed by atoms with Crippen LogP contribution in [-0.4, -0.2) is 23.1 Å². The molecule has 0 spiro atoms. The number of rotatable bonds is 0. The minimum Gasteiger partial charge on any atom is -1.00 e. The van der Waals surface area contributed by atoms with Gasteiger partial charge in [0, 0.05) is 0 Å². The van der Waals surface area contributed by atoms with E-state index in [4.69, 9.17) is 0 Å². The molecule has 1 unspecified atom stereocenters. The smallest absolute Gasteiger partial charge is 1.00 e. The van der Waals surface area contributed by atoms with Gasteiger partial charge in [-0.3, -0.25) is 0 Å². The number of hydrogen-bond donors (Lipinski definition) is 0. The predicted molar refractivity (Wildman–Crippen MR) is 28.5 cm³/mol. The van der Waals surface area contributed by atoms with Crippen molar-refractivity contribution in [3.05, 3.63) is 6.42 Å². The summed E-state index contributed by atoms with van der Waals surface area (Å²) in [6.07, 6.45) is 5.14. The van der Waals surface area contributed by atoms with Crippen molar-refractivity contribution in [2.75, 3.05) is 0 Å². The van der Waals surface area contributed by atoms with Gasteiger partial charge in [-0.2, -0.15) is 12.3 Å². The van der Waals surface area contributed by atoms with Gasteiger partial charge in [0.2, 0.25) is 0 Å². The summed E-state index contributed by atoms with van der Waals surface area (Å²) in [5.74, 6) is 0.940. The molecule has 0 bridgehead atoms. The van der Waals surface area contributed by atoms with Gasteiger partial charge in [0.05, 0.1) is 0 Å². The Kier molecular flexibility index (Phi) is 8.12. The van der Waals surface area contributed by atoms with Crippen molar-refractivity contribution in [1.29, 1.82) is 0 Å². The third-order valence-corrected chi connectivity index (χ3v) is 1.19. The second kappa shape index (κ2) is 5.20. The molecule has 1 atom stereocenters. The second-order valence-electron chi connectivity index (χ2n) is 1.79. The first kappa shape index (κ1) is 10.9. The van der Waals surface area contributed by atoms with Gasteiger partial charge in [-0.05, 0) is 0 Å². The van der Waals surface area contributed by atoms with E-state index >= 15 is 0 Å².